The highest BCUT2D eigenvalue weighted by Crippen LogP contribution is 2.19. The molecule has 2 rings (SSSR count). The van der Waals surface area contributed by atoms with Crippen LogP contribution in [0.4, 0.5) is 0 Å². The summed E-state index contributed by atoms with van der Waals surface area (Å²) in [5.41, 5.74) is 3.81. The number of aryl methyl sites for hydroxylation is 1. The van der Waals surface area contributed by atoms with Crippen molar-refractivity contribution in [1.82, 2.24) is 5.32 Å². The minimum Gasteiger partial charge on any atom is -0.489 e. The van der Waals surface area contributed by atoms with Crippen LogP contribution in [0.1, 0.15) is 30.5 Å². The summed E-state index contributed by atoms with van der Waals surface area (Å²) < 4.78 is 5.97. The molecule has 0 heterocycles. The molecule has 0 aliphatic carbocycles. The zero-order valence-electron chi connectivity index (χ0n) is 13.2. The molecule has 2 aromatic carbocycles. The maximum atomic E-state index is 5.97. The smallest absolute Gasteiger partial charge is 0.122 e. The van der Waals surface area contributed by atoms with Gasteiger partial charge in [0.25, 0.3) is 0 Å². The minimum atomic E-state index is 0.528. The summed E-state index contributed by atoms with van der Waals surface area (Å²) in [6.45, 7) is 8.05. The number of rotatable bonds is 7. The lowest BCUT2D eigenvalue weighted by atomic mass is 10.1. The zero-order valence-corrected chi connectivity index (χ0v) is 13.2. The molecule has 2 aromatic rings. The Bertz CT molecular complexity index is 563. The topological polar surface area (TPSA) is 21.3 Å². The van der Waals surface area contributed by atoms with Gasteiger partial charge in [0.2, 0.25) is 0 Å². The predicted molar refractivity (Wildman–Crippen MR) is 88.8 cm³/mol. The van der Waals surface area contributed by atoms with E-state index < -0.39 is 0 Å². The molecule has 0 aromatic heterocycles. The van der Waals surface area contributed by atoms with Crippen molar-refractivity contribution in [3.8, 4) is 5.75 Å². The fourth-order valence-corrected chi connectivity index (χ4v) is 2.31. The molecule has 0 saturated heterocycles. The lowest BCUT2D eigenvalue weighted by molar-refractivity contribution is 0.303. The third-order valence-corrected chi connectivity index (χ3v) is 3.54. The summed E-state index contributed by atoms with van der Waals surface area (Å²) in [7, 11) is 0. The molecule has 2 nitrogen and oxygen atoms in total. The summed E-state index contributed by atoms with van der Waals surface area (Å²) in [6, 6.07) is 17.2. The van der Waals surface area contributed by atoms with Gasteiger partial charge in [0.05, 0.1) is 0 Å². The average Bonchev–Trinajstić information content (AvgIpc) is 2.47. The molecule has 0 unspecified atom stereocenters. The molecule has 0 fully saturated rings. The Morgan fingerprint density at radius 1 is 0.952 bits per heavy atom. The van der Waals surface area contributed by atoms with Gasteiger partial charge in [0.1, 0.15) is 12.4 Å². The summed E-state index contributed by atoms with van der Waals surface area (Å²) in [6.07, 6.45) is 1.03. The van der Waals surface area contributed by atoms with Gasteiger partial charge in [0, 0.05) is 6.04 Å². The van der Waals surface area contributed by atoms with Crippen LogP contribution in [-0.2, 0) is 13.0 Å². The molecule has 112 valence electrons. The van der Waals surface area contributed by atoms with E-state index in [4.69, 9.17) is 4.74 Å². The van der Waals surface area contributed by atoms with Gasteiger partial charge in [-0.3, -0.25) is 0 Å². The van der Waals surface area contributed by atoms with Crippen molar-refractivity contribution < 1.29 is 4.74 Å². The molecule has 0 aliphatic heterocycles. The van der Waals surface area contributed by atoms with E-state index in [-0.39, 0.29) is 0 Å². The molecule has 0 radical (unpaired) electrons. The van der Waals surface area contributed by atoms with Gasteiger partial charge in [-0.05, 0) is 42.6 Å². The van der Waals surface area contributed by atoms with Crippen LogP contribution in [0.3, 0.4) is 0 Å². The normalized spacial score (nSPS) is 10.9. The molecular weight excluding hydrogens is 258 g/mol. The molecule has 0 bridgehead atoms. The Balaban J connectivity index is 1.98. The Hall–Kier alpha value is -1.80. The summed E-state index contributed by atoms with van der Waals surface area (Å²) in [5.74, 6) is 0.965. The van der Waals surface area contributed by atoms with E-state index in [1.807, 2.05) is 18.2 Å². The number of ether oxygens (including phenoxy) is 1. The van der Waals surface area contributed by atoms with E-state index in [0.717, 1.165) is 18.7 Å². The average molecular weight is 283 g/mol. The number of hydrogen-bond acceptors (Lipinski definition) is 2. The van der Waals surface area contributed by atoms with Crippen molar-refractivity contribution >= 4 is 0 Å². The fourth-order valence-electron chi connectivity index (χ4n) is 2.31. The maximum Gasteiger partial charge on any atom is 0.122 e. The highest BCUT2D eigenvalue weighted by Gasteiger charge is 2.04. The predicted octanol–water partition coefficient (Wildman–Crippen LogP) is 4.11. The van der Waals surface area contributed by atoms with Crippen molar-refractivity contribution in [2.75, 3.05) is 6.54 Å². The third-order valence-electron chi connectivity index (χ3n) is 3.54. The second-order valence-corrected chi connectivity index (χ2v) is 5.68. The lowest BCUT2D eigenvalue weighted by Crippen LogP contribution is -2.25. The van der Waals surface area contributed by atoms with Gasteiger partial charge in [-0.2, -0.15) is 0 Å². The maximum absolute atomic E-state index is 5.97. The van der Waals surface area contributed by atoms with E-state index >= 15 is 0 Å². The molecule has 21 heavy (non-hydrogen) atoms. The first kappa shape index (κ1) is 15.6. The minimum absolute atomic E-state index is 0.528. The summed E-state index contributed by atoms with van der Waals surface area (Å²) >= 11 is 0. The quantitative estimate of drug-likeness (QED) is 0.825. The van der Waals surface area contributed by atoms with E-state index in [9.17, 15) is 0 Å². The van der Waals surface area contributed by atoms with Crippen molar-refractivity contribution in [2.24, 2.45) is 0 Å². The van der Waals surface area contributed by atoms with Gasteiger partial charge >= 0.3 is 0 Å². The van der Waals surface area contributed by atoms with Crippen LogP contribution in [0.2, 0.25) is 0 Å². The Morgan fingerprint density at radius 3 is 2.33 bits per heavy atom. The Kier molecular flexibility index (Phi) is 5.82. The molecule has 0 amide bonds. The first-order chi connectivity index (χ1) is 10.2. The number of hydrogen-bond donors (Lipinski definition) is 1. The van der Waals surface area contributed by atoms with E-state index in [1.165, 1.54) is 16.7 Å². The highest BCUT2D eigenvalue weighted by molar-refractivity contribution is 5.33. The van der Waals surface area contributed by atoms with Crippen LogP contribution in [0, 0.1) is 6.92 Å². The van der Waals surface area contributed by atoms with Crippen molar-refractivity contribution in [1.29, 1.82) is 0 Å². The first-order valence-corrected chi connectivity index (χ1v) is 7.65. The van der Waals surface area contributed by atoms with Crippen LogP contribution in [0.5, 0.6) is 5.75 Å². The third kappa shape index (κ3) is 4.91. The van der Waals surface area contributed by atoms with Crippen molar-refractivity contribution in [2.45, 2.75) is 39.8 Å². The fraction of sp³-hybridized carbons (Fsp3) is 0.368. The van der Waals surface area contributed by atoms with Gasteiger partial charge in [-0.15, -0.1) is 0 Å². The molecule has 0 atom stereocenters. The molecule has 0 aliphatic rings. The van der Waals surface area contributed by atoms with Gasteiger partial charge < -0.3 is 10.1 Å². The lowest BCUT2D eigenvalue weighted by Gasteiger charge is -2.13. The monoisotopic (exact) mass is 283 g/mol. The number of benzene rings is 2. The summed E-state index contributed by atoms with van der Waals surface area (Å²) in [4.78, 5) is 0. The Labute approximate surface area is 128 Å². The van der Waals surface area contributed by atoms with Crippen molar-refractivity contribution in [3.05, 3.63) is 65.2 Å². The van der Waals surface area contributed by atoms with E-state index in [1.54, 1.807) is 0 Å². The highest BCUT2D eigenvalue weighted by atomic mass is 16.5. The standard InChI is InChI=1S/C19H25NO/c1-15(2)20-13-12-17-9-5-6-10-18(17)14-21-19-11-7-4-8-16(19)3/h4-11,15,20H,12-14H2,1-3H3. The first-order valence-electron chi connectivity index (χ1n) is 7.65. The Morgan fingerprint density at radius 2 is 1.62 bits per heavy atom. The van der Waals surface area contributed by atoms with Crippen LogP contribution >= 0.6 is 0 Å². The van der Waals surface area contributed by atoms with E-state index in [0.29, 0.717) is 12.6 Å². The molecule has 0 saturated carbocycles. The van der Waals surface area contributed by atoms with E-state index in [2.05, 4.69) is 56.4 Å². The second kappa shape index (κ2) is 7.84. The van der Waals surface area contributed by atoms with Crippen LogP contribution in [0.25, 0.3) is 0 Å². The zero-order chi connectivity index (χ0) is 15.1. The number of nitrogens with one attached hydrogen (secondary N) is 1. The largest absolute Gasteiger partial charge is 0.489 e. The van der Waals surface area contributed by atoms with Crippen LogP contribution in [-0.4, -0.2) is 12.6 Å². The molecule has 0 spiro atoms. The summed E-state index contributed by atoms with van der Waals surface area (Å²) in [5, 5.41) is 3.46. The van der Waals surface area contributed by atoms with Gasteiger partial charge in [-0.25, -0.2) is 0 Å². The van der Waals surface area contributed by atoms with Crippen LogP contribution < -0.4 is 10.1 Å². The second-order valence-electron chi connectivity index (χ2n) is 5.68. The molecule has 1 N–H and O–H groups in total. The van der Waals surface area contributed by atoms with Gasteiger partial charge in [-0.1, -0.05) is 56.3 Å². The van der Waals surface area contributed by atoms with Gasteiger partial charge in [0.15, 0.2) is 0 Å². The van der Waals surface area contributed by atoms with Crippen molar-refractivity contribution in [3.63, 3.8) is 0 Å². The SMILES string of the molecule is Cc1ccccc1OCc1ccccc1CCNC(C)C. The number of para-hydroxylation sites is 1. The molecular formula is C19H25NO. The van der Waals surface area contributed by atoms with Crippen LogP contribution in [0.15, 0.2) is 48.5 Å². The molecule has 2 heteroatoms.